The largest absolute Gasteiger partial charge is 0.357 e. The Hall–Kier alpha value is -2.56. The zero-order valence-electron chi connectivity index (χ0n) is 11.6. The van der Waals surface area contributed by atoms with Crippen molar-refractivity contribution in [2.75, 3.05) is 18.4 Å². The molecule has 1 fully saturated rings. The fourth-order valence-corrected chi connectivity index (χ4v) is 2.47. The van der Waals surface area contributed by atoms with Gasteiger partial charge in [-0.05, 0) is 49.2 Å². The highest BCUT2D eigenvalue weighted by Crippen LogP contribution is 2.15. The number of aromatic nitrogens is 1. The lowest BCUT2D eigenvalue weighted by Crippen LogP contribution is -2.27. The van der Waals surface area contributed by atoms with Crippen molar-refractivity contribution in [2.24, 2.45) is 0 Å². The van der Waals surface area contributed by atoms with Crippen LogP contribution in [0.5, 0.6) is 0 Å². The van der Waals surface area contributed by atoms with Crippen molar-refractivity contribution in [3.63, 3.8) is 0 Å². The van der Waals surface area contributed by atoms with E-state index >= 15 is 0 Å². The minimum atomic E-state index is -0.196. The number of nitrogens with one attached hydrogen (secondary N) is 2. The van der Waals surface area contributed by atoms with Crippen molar-refractivity contribution in [3.8, 4) is 0 Å². The van der Waals surface area contributed by atoms with Crippen LogP contribution in [-0.2, 0) is 0 Å². The van der Waals surface area contributed by atoms with E-state index in [9.17, 15) is 9.59 Å². The van der Waals surface area contributed by atoms with Crippen LogP contribution in [0.4, 0.5) is 5.69 Å². The standard InChI is InChI=1S/C16H17N3O2/c20-15(14-4-3-9-17-14)18-13-7-5-12(6-8-13)16(21)19-10-1-2-11-19/h3-9,17H,1-2,10-11H2,(H,18,20). The molecule has 1 aromatic heterocycles. The van der Waals surface area contributed by atoms with E-state index in [2.05, 4.69) is 10.3 Å². The number of rotatable bonds is 3. The molecule has 1 aromatic carbocycles. The quantitative estimate of drug-likeness (QED) is 0.909. The van der Waals surface area contributed by atoms with Crippen LogP contribution in [0, 0.1) is 0 Å². The van der Waals surface area contributed by atoms with Crippen molar-refractivity contribution in [3.05, 3.63) is 53.9 Å². The third kappa shape index (κ3) is 2.97. The van der Waals surface area contributed by atoms with Crippen molar-refractivity contribution in [2.45, 2.75) is 12.8 Å². The Kier molecular flexibility index (Phi) is 3.73. The second-order valence-corrected chi connectivity index (χ2v) is 5.11. The molecule has 5 heteroatoms. The first-order valence-electron chi connectivity index (χ1n) is 7.08. The average molecular weight is 283 g/mol. The minimum Gasteiger partial charge on any atom is -0.357 e. The highest BCUT2D eigenvalue weighted by Gasteiger charge is 2.19. The van der Waals surface area contributed by atoms with E-state index in [1.807, 2.05) is 4.90 Å². The Morgan fingerprint density at radius 1 is 1.05 bits per heavy atom. The van der Waals surface area contributed by atoms with Crippen molar-refractivity contribution >= 4 is 17.5 Å². The van der Waals surface area contributed by atoms with Gasteiger partial charge in [0.15, 0.2) is 0 Å². The van der Waals surface area contributed by atoms with Crippen LogP contribution in [-0.4, -0.2) is 34.8 Å². The number of benzene rings is 1. The van der Waals surface area contributed by atoms with E-state index in [1.165, 1.54) is 0 Å². The van der Waals surface area contributed by atoms with Crippen LogP contribution >= 0.6 is 0 Å². The summed E-state index contributed by atoms with van der Waals surface area (Å²) in [5.41, 5.74) is 1.84. The van der Waals surface area contributed by atoms with Crippen LogP contribution < -0.4 is 5.32 Å². The van der Waals surface area contributed by atoms with Crippen LogP contribution in [0.25, 0.3) is 0 Å². The molecule has 5 nitrogen and oxygen atoms in total. The molecular weight excluding hydrogens is 266 g/mol. The first kappa shape index (κ1) is 13.4. The Morgan fingerprint density at radius 3 is 2.38 bits per heavy atom. The maximum Gasteiger partial charge on any atom is 0.272 e. The fourth-order valence-electron chi connectivity index (χ4n) is 2.47. The molecular formula is C16H17N3O2. The maximum absolute atomic E-state index is 12.2. The molecule has 2 N–H and O–H groups in total. The molecule has 21 heavy (non-hydrogen) atoms. The molecule has 2 amide bonds. The summed E-state index contributed by atoms with van der Waals surface area (Å²) in [5, 5.41) is 2.78. The van der Waals surface area contributed by atoms with Gasteiger partial charge in [0.25, 0.3) is 11.8 Å². The molecule has 2 heterocycles. The molecule has 0 aliphatic carbocycles. The van der Waals surface area contributed by atoms with Gasteiger partial charge in [-0.25, -0.2) is 0 Å². The zero-order chi connectivity index (χ0) is 14.7. The lowest BCUT2D eigenvalue weighted by molar-refractivity contribution is 0.0792. The number of carbonyl (C=O) groups excluding carboxylic acids is 2. The highest BCUT2D eigenvalue weighted by molar-refractivity contribution is 6.03. The third-order valence-electron chi connectivity index (χ3n) is 3.63. The van der Waals surface area contributed by atoms with Gasteiger partial charge >= 0.3 is 0 Å². The molecule has 0 radical (unpaired) electrons. The smallest absolute Gasteiger partial charge is 0.272 e. The summed E-state index contributed by atoms with van der Waals surface area (Å²) in [4.78, 5) is 28.8. The number of anilines is 1. The molecule has 0 bridgehead atoms. The van der Waals surface area contributed by atoms with E-state index < -0.39 is 0 Å². The number of hydrogen-bond donors (Lipinski definition) is 2. The summed E-state index contributed by atoms with van der Waals surface area (Å²) in [6.45, 7) is 1.67. The molecule has 1 aliphatic rings. The number of hydrogen-bond acceptors (Lipinski definition) is 2. The summed E-state index contributed by atoms with van der Waals surface area (Å²) < 4.78 is 0. The summed E-state index contributed by atoms with van der Waals surface area (Å²) in [7, 11) is 0. The molecule has 3 rings (SSSR count). The van der Waals surface area contributed by atoms with Gasteiger partial charge in [-0.3, -0.25) is 9.59 Å². The van der Waals surface area contributed by atoms with Gasteiger partial charge in [0.1, 0.15) is 5.69 Å². The number of nitrogens with zero attached hydrogens (tertiary/aromatic N) is 1. The normalized spacial score (nSPS) is 14.2. The zero-order valence-corrected chi connectivity index (χ0v) is 11.6. The SMILES string of the molecule is O=C(Nc1ccc(C(=O)N2CCCC2)cc1)c1ccc[nH]1. The Labute approximate surface area is 123 Å². The molecule has 0 unspecified atom stereocenters. The van der Waals surface area contributed by atoms with E-state index in [4.69, 9.17) is 0 Å². The number of H-pyrrole nitrogens is 1. The third-order valence-corrected chi connectivity index (χ3v) is 3.63. The van der Waals surface area contributed by atoms with Crippen LogP contribution in [0.3, 0.4) is 0 Å². The molecule has 0 atom stereocenters. The second-order valence-electron chi connectivity index (χ2n) is 5.11. The molecule has 108 valence electrons. The van der Waals surface area contributed by atoms with E-state index in [-0.39, 0.29) is 11.8 Å². The Bertz CT molecular complexity index is 626. The average Bonchev–Trinajstić information content (AvgIpc) is 3.20. The first-order valence-corrected chi connectivity index (χ1v) is 7.08. The summed E-state index contributed by atoms with van der Waals surface area (Å²) in [5.74, 6) is -0.131. The van der Waals surface area contributed by atoms with Crippen LogP contribution in [0.2, 0.25) is 0 Å². The van der Waals surface area contributed by atoms with Crippen molar-refractivity contribution in [1.82, 2.24) is 9.88 Å². The number of aromatic amines is 1. The molecule has 0 saturated carbocycles. The van der Waals surface area contributed by atoms with Gasteiger partial charge in [0.05, 0.1) is 0 Å². The number of amides is 2. The molecule has 0 spiro atoms. The van der Waals surface area contributed by atoms with Crippen molar-refractivity contribution < 1.29 is 9.59 Å². The van der Waals surface area contributed by atoms with Crippen molar-refractivity contribution in [1.29, 1.82) is 0 Å². The fraction of sp³-hybridized carbons (Fsp3) is 0.250. The van der Waals surface area contributed by atoms with Crippen LogP contribution in [0.15, 0.2) is 42.6 Å². The molecule has 2 aromatic rings. The van der Waals surface area contributed by atoms with Gasteiger partial charge in [-0.2, -0.15) is 0 Å². The second kappa shape index (κ2) is 5.83. The summed E-state index contributed by atoms with van der Waals surface area (Å²) in [6.07, 6.45) is 3.86. The highest BCUT2D eigenvalue weighted by atomic mass is 16.2. The van der Waals surface area contributed by atoms with E-state index in [1.54, 1.807) is 42.6 Å². The van der Waals surface area contributed by atoms with Gasteiger partial charge in [-0.1, -0.05) is 0 Å². The predicted molar refractivity (Wildman–Crippen MR) is 80.3 cm³/mol. The summed E-state index contributed by atoms with van der Waals surface area (Å²) >= 11 is 0. The monoisotopic (exact) mass is 283 g/mol. The molecule has 1 saturated heterocycles. The molecule has 1 aliphatic heterocycles. The topological polar surface area (TPSA) is 65.2 Å². The lowest BCUT2D eigenvalue weighted by Gasteiger charge is -2.15. The van der Waals surface area contributed by atoms with E-state index in [0.29, 0.717) is 16.9 Å². The van der Waals surface area contributed by atoms with Gasteiger partial charge in [0, 0.05) is 30.5 Å². The van der Waals surface area contributed by atoms with Crippen LogP contribution in [0.1, 0.15) is 33.7 Å². The van der Waals surface area contributed by atoms with Gasteiger partial charge < -0.3 is 15.2 Å². The lowest BCUT2D eigenvalue weighted by atomic mass is 10.2. The number of likely N-dealkylation sites (tertiary alicyclic amines) is 1. The predicted octanol–water partition coefficient (Wildman–Crippen LogP) is 2.50. The van der Waals surface area contributed by atoms with E-state index in [0.717, 1.165) is 25.9 Å². The maximum atomic E-state index is 12.2. The van der Waals surface area contributed by atoms with Gasteiger partial charge in [0.2, 0.25) is 0 Å². The Balaban J connectivity index is 1.66. The Morgan fingerprint density at radius 2 is 1.76 bits per heavy atom. The number of carbonyl (C=O) groups is 2. The minimum absolute atomic E-state index is 0.0646. The first-order chi connectivity index (χ1) is 10.2. The summed E-state index contributed by atoms with van der Waals surface area (Å²) in [6, 6.07) is 10.5. The van der Waals surface area contributed by atoms with Gasteiger partial charge in [-0.15, -0.1) is 0 Å².